The first-order chi connectivity index (χ1) is 24.2. The van der Waals surface area contributed by atoms with Gasteiger partial charge in [-0.15, -0.1) is 0 Å². The first-order valence-corrected chi connectivity index (χ1v) is 17.3. The van der Waals surface area contributed by atoms with Crippen molar-refractivity contribution < 1.29 is 64.2 Å². The Morgan fingerprint density at radius 3 is 1.82 bits per heavy atom. The van der Waals surface area contributed by atoms with E-state index in [2.05, 4.69) is 0 Å². The summed E-state index contributed by atoms with van der Waals surface area (Å²) < 4.78 is 35.7. The summed E-state index contributed by atoms with van der Waals surface area (Å²) in [5, 5.41) is 74.9. The molecule has 292 valence electrons. The molecule has 17 N–H and O–H groups in total. The molecule has 51 heavy (non-hydrogen) atoms. The van der Waals surface area contributed by atoms with E-state index < -0.39 is 123 Å². The second-order valence-corrected chi connectivity index (χ2v) is 14.0. The molecule has 1 unspecified atom stereocenters. The molecular weight excluding hydrogens is 676 g/mol. The largest absolute Gasteiger partial charge is 0.394 e. The highest BCUT2D eigenvalue weighted by Crippen LogP contribution is 2.34. The summed E-state index contributed by atoms with van der Waals surface area (Å²) in [7, 11) is 1.86. The van der Waals surface area contributed by atoms with Crippen molar-refractivity contribution in [3.8, 4) is 0 Å². The molecule has 1 aromatic carbocycles. The van der Waals surface area contributed by atoms with Crippen LogP contribution in [0.1, 0.15) is 12.0 Å². The van der Waals surface area contributed by atoms with Crippen molar-refractivity contribution in [1.29, 1.82) is 0 Å². The lowest BCUT2D eigenvalue weighted by molar-refractivity contribution is -0.309. The van der Waals surface area contributed by atoms with Gasteiger partial charge in [0.15, 0.2) is 18.9 Å². The van der Waals surface area contributed by atoms with Gasteiger partial charge in [0.05, 0.1) is 24.8 Å². The minimum Gasteiger partial charge on any atom is -0.394 e. The number of benzene rings is 1. The molecule has 0 amide bonds. The van der Waals surface area contributed by atoms with Crippen LogP contribution in [0, 0.1) is 0 Å². The Bertz CT molecular complexity index is 1220. The number of ether oxygens (including phenoxy) is 6. The van der Waals surface area contributed by atoms with E-state index in [9.17, 15) is 35.7 Å². The Labute approximate surface area is 296 Å². The standard InChI is InChI=1S/C32H56N6O13/c1-38(8-7-13-5-3-2-4-6-13)11-17-23(42)25(44)20(37)31(47-17)49-27-15(35)9-14(34)21(40)29(27)51-32-26(45)28(18(12-39)48-32)50-30-19(36)24(43)22(41)16(10-33)46-30/h2-6,14-32,39-45H,7-12,33-37H2,1H3/t14-,15+,16?,17-,18-,19-,20-,21+,22-,23-,24-,25-,26-,27-,28-,29-,30-,31-,32+/m1/s1. The molecule has 0 spiro atoms. The van der Waals surface area contributed by atoms with Crippen LogP contribution in [0.3, 0.4) is 0 Å². The highest BCUT2D eigenvalue weighted by atomic mass is 16.8. The Morgan fingerprint density at radius 2 is 1.22 bits per heavy atom. The number of nitrogens with two attached hydrogens (primary N) is 5. The molecule has 19 atom stereocenters. The third-order valence-electron chi connectivity index (χ3n) is 10.3. The molecule has 3 aliphatic heterocycles. The Morgan fingerprint density at radius 1 is 0.667 bits per heavy atom. The van der Waals surface area contributed by atoms with Crippen LogP contribution >= 0.6 is 0 Å². The number of nitrogens with zero attached hydrogens (tertiary/aromatic N) is 1. The summed E-state index contributed by atoms with van der Waals surface area (Å²) in [6.07, 6.45) is -18.9. The van der Waals surface area contributed by atoms with Gasteiger partial charge in [0, 0.05) is 31.7 Å². The summed E-state index contributed by atoms with van der Waals surface area (Å²) in [5.41, 5.74) is 31.8. The third-order valence-corrected chi connectivity index (χ3v) is 10.3. The van der Waals surface area contributed by atoms with E-state index in [1.807, 2.05) is 42.3 Å². The maximum atomic E-state index is 11.3. The molecule has 0 bridgehead atoms. The molecule has 1 saturated carbocycles. The van der Waals surface area contributed by atoms with E-state index >= 15 is 0 Å². The lowest BCUT2D eigenvalue weighted by Gasteiger charge is -2.47. The fourth-order valence-corrected chi connectivity index (χ4v) is 7.06. The zero-order chi connectivity index (χ0) is 37.1. The SMILES string of the molecule is CN(CCc1ccccc1)C[C@H]1O[C@H](O[C@H]2[C@H](O[C@@H]3O[C@H](CO)[C@@H](O[C@H]4OC(CN)[C@@H](O)[C@H](O)[C@H]4N)[C@H]3O)[C@@H](O)[C@H](N)C[C@@H]2N)[C@H](N)[C@@H](O)[C@@H]1O. The molecule has 0 aromatic heterocycles. The van der Waals surface area contributed by atoms with Crippen LogP contribution in [0.25, 0.3) is 0 Å². The van der Waals surface area contributed by atoms with E-state index in [1.54, 1.807) is 0 Å². The Balaban J connectivity index is 1.27. The normalized spacial score (nSPS) is 46.4. The smallest absolute Gasteiger partial charge is 0.187 e. The van der Waals surface area contributed by atoms with Crippen LogP contribution in [-0.2, 0) is 34.8 Å². The van der Waals surface area contributed by atoms with Crippen molar-refractivity contribution in [3.63, 3.8) is 0 Å². The van der Waals surface area contributed by atoms with E-state index in [4.69, 9.17) is 57.1 Å². The first-order valence-electron chi connectivity index (χ1n) is 17.3. The van der Waals surface area contributed by atoms with E-state index in [1.165, 1.54) is 0 Å². The molecule has 0 radical (unpaired) electrons. The number of likely N-dealkylation sites (N-methyl/N-ethyl adjacent to an activating group) is 1. The molecule has 19 heteroatoms. The van der Waals surface area contributed by atoms with Crippen molar-refractivity contribution in [1.82, 2.24) is 4.90 Å². The molecule has 19 nitrogen and oxygen atoms in total. The molecule has 3 saturated heterocycles. The van der Waals surface area contributed by atoms with Crippen molar-refractivity contribution >= 4 is 0 Å². The molecule has 1 aliphatic carbocycles. The predicted octanol–water partition coefficient (Wildman–Crippen LogP) is -6.68. The van der Waals surface area contributed by atoms with Gasteiger partial charge in [-0.2, -0.15) is 0 Å². The van der Waals surface area contributed by atoms with Gasteiger partial charge in [0.1, 0.15) is 67.1 Å². The van der Waals surface area contributed by atoms with Crippen molar-refractivity contribution in [2.24, 2.45) is 28.7 Å². The second kappa shape index (κ2) is 17.7. The van der Waals surface area contributed by atoms with Gasteiger partial charge < -0.3 is 97.7 Å². The van der Waals surface area contributed by atoms with Crippen LogP contribution in [0.4, 0.5) is 0 Å². The zero-order valence-electron chi connectivity index (χ0n) is 28.5. The minimum absolute atomic E-state index is 0.0942. The molecule has 4 aliphatic rings. The van der Waals surface area contributed by atoms with E-state index in [0.29, 0.717) is 6.54 Å². The van der Waals surface area contributed by atoms with Gasteiger partial charge in [-0.1, -0.05) is 30.3 Å². The lowest BCUT2D eigenvalue weighted by Crippen LogP contribution is -2.68. The number of hydrogen-bond acceptors (Lipinski definition) is 19. The molecule has 1 aromatic rings. The second-order valence-electron chi connectivity index (χ2n) is 14.0. The lowest BCUT2D eigenvalue weighted by atomic mass is 9.84. The number of aliphatic hydroxyl groups excluding tert-OH is 7. The summed E-state index contributed by atoms with van der Waals surface area (Å²) in [4.78, 5) is 1.95. The fourth-order valence-electron chi connectivity index (χ4n) is 7.06. The average molecular weight is 733 g/mol. The van der Waals surface area contributed by atoms with Crippen molar-refractivity contribution in [3.05, 3.63) is 35.9 Å². The van der Waals surface area contributed by atoms with Gasteiger partial charge in [0.25, 0.3) is 0 Å². The van der Waals surface area contributed by atoms with Gasteiger partial charge in [0.2, 0.25) is 0 Å². The maximum Gasteiger partial charge on any atom is 0.187 e. The number of aliphatic hydroxyl groups is 7. The van der Waals surface area contributed by atoms with Gasteiger partial charge >= 0.3 is 0 Å². The molecular formula is C32H56N6O13. The molecule has 3 heterocycles. The van der Waals surface area contributed by atoms with E-state index in [0.717, 1.165) is 12.0 Å². The van der Waals surface area contributed by atoms with E-state index in [-0.39, 0.29) is 19.5 Å². The first kappa shape index (κ1) is 40.6. The minimum atomic E-state index is -1.61. The highest BCUT2D eigenvalue weighted by molar-refractivity contribution is 5.15. The number of rotatable bonds is 13. The van der Waals surface area contributed by atoms with Crippen molar-refractivity contribution in [2.45, 2.75) is 129 Å². The van der Waals surface area contributed by atoms with Gasteiger partial charge in [-0.25, -0.2) is 0 Å². The molecule has 4 fully saturated rings. The summed E-state index contributed by atoms with van der Waals surface area (Å²) >= 11 is 0. The van der Waals surface area contributed by atoms with Crippen LogP contribution in [0.5, 0.6) is 0 Å². The summed E-state index contributed by atoms with van der Waals surface area (Å²) in [6, 6.07) is 5.68. The summed E-state index contributed by atoms with van der Waals surface area (Å²) in [5.74, 6) is 0. The predicted molar refractivity (Wildman–Crippen MR) is 177 cm³/mol. The highest BCUT2D eigenvalue weighted by Gasteiger charge is 2.54. The van der Waals surface area contributed by atoms with Crippen LogP contribution in [0.2, 0.25) is 0 Å². The van der Waals surface area contributed by atoms with Crippen LogP contribution < -0.4 is 28.7 Å². The number of hydrogen-bond donors (Lipinski definition) is 12. The monoisotopic (exact) mass is 732 g/mol. The molecule has 5 rings (SSSR count). The third kappa shape index (κ3) is 9.06. The average Bonchev–Trinajstić information content (AvgIpc) is 3.42. The maximum absolute atomic E-state index is 11.3. The Kier molecular flexibility index (Phi) is 14.1. The quantitative estimate of drug-likeness (QED) is 0.0896. The van der Waals surface area contributed by atoms with Gasteiger partial charge in [-0.05, 0) is 25.5 Å². The fraction of sp³-hybridized carbons (Fsp3) is 0.812. The zero-order valence-corrected chi connectivity index (χ0v) is 28.5. The topological polar surface area (TPSA) is 330 Å². The summed E-state index contributed by atoms with van der Waals surface area (Å²) in [6.45, 7) is 0.0504. The van der Waals surface area contributed by atoms with Crippen LogP contribution in [-0.4, -0.2) is 190 Å². The Hall–Kier alpha value is -1.54. The van der Waals surface area contributed by atoms with Crippen molar-refractivity contribution in [2.75, 3.05) is 33.3 Å². The van der Waals surface area contributed by atoms with Gasteiger partial charge in [-0.3, -0.25) is 0 Å². The van der Waals surface area contributed by atoms with Crippen LogP contribution in [0.15, 0.2) is 30.3 Å².